The van der Waals surface area contributed by atoms with Crippen molar-refractivity contribution in [1.29, 1.82) is 0 Å². The molecule has 100 valence electrons. The first-order chi connectivity index (χ1) is 8.19. The molecular formula is C12H24N2O3. The molecular weight excluding hydrogens is 220 g/mol. The van der Waals surface area contributed by atoms with Crippen molar-refractivity contribution >= 4 is 5.91 Å². The van der Waals surface area contributed by atoms with Gasteiger partial charge in [-0.3, -0.25) is 9.69 Å². The lowest BCUT2D eigenvalue weighted by Crippen LogP contribution is -2.44. The fourth-order valence-corrected chi connectivity index (χ4v) is 1.95. The Morgan fingerprint density at radius 3 is 2.82 bits per heavy atom. The van der Waals surface area contributed by atoms with Crippen LogP contribution in [-0.2, 0) is 9.53 Å². The van der Waals surface area contributed by atoms with E-state index in [1.54, 1.807) is 7.11 Å². The van der Waals surface area contributed by atoms with Crippen molar-refractivity contribution in [3.05, 3.63) is 0 Å². The quantitative estimate of drug-likeness (QED) is 0.592. The maximum Gasteiger partial charge on any atom is 0.234 e. The topological polar surface area (TPSA) is 61.8 Å². The number of amides is 1. The molecule has 0 radical (unpaired) electrons. The van der Waals surface area contributed by atoms with E-state index in [1.807, 2.05) is 0 Å². The van der Waals surface area contributed by atoms with E-state index in [4.69, 9.17) is 9.84 Å². The Balaban J connectivity index is 2.35. The summed E-state index contributed by atoms with van der Waals surface area (Å²) in [7, 11) is 1.67. The normalized spacial score (nSPS) is 17.2. The molecule has 1 rings (SSSR count). The van der Waals surface area contributed by atoms with Crippen LogP contribution in [0.5, 0.6) is 0 Å². The molecule has 0 bridgehead atoms. The maximum atomic E-state index is 11.6. The summed E-state index contributed by atoms with van der Waals surface area (Å²) in [6, 6.07) is 0.435. The van der Waals surface area contributed by atoms with Crippen LogP contribution < -0.4 is 5.32 Å². The molecule has 0 aliphatic heterocycles. The molecule has 0 saturated heterocycles. The Morgan fingerprint density at radius 2 is 2.29 bits per heavy atom. The van der Waals surface area contributed by atoms with Gasteiger partial charge in [0.25, 0.3) is 0 Å². The zero-order chi connectivity index (χ0) is 12.7. The average molecular weight is 244 g/mol. The number of ether oxygens (including phenoxy) is 1. The van der Waals surface area contributed by atoms with Gasteiger partial charge in [-0.15, -0.1) is 0 Å². The molecule has 1 unspecified atom stereocenters. The Bertz CT molecular complexity index is 232. The van der Waals surface area contributed by atoms with E-state index in [0.29, 0.717) is 25.7 Å². The van der Waals surface area contributed by atoms with Crippen LogP contribution in [0.25, 0.3) is 0 Å². The van der Waals surface area contributed by atoms with Crippen molar-refractivity contribution in [3.8, 4) is 0 Å². The van der Waals surface area contributed by atoms with Crippen molar-refractivity contribution in [2.24, 2.45) is 5.92 Å². The molecule has 0 spiro atoms. The summed E-state index contributed by atoms with van der Waals surface area (Å²) < 4.78 is 5.07. The van der Waals surface area contributed by atoms with Gasteiger partial charge in [-0.2, -0.15) is 0 Å². The van der Waals surface area contributed by atoms with E-state index in [0.717, 1.165) is 12.5 Å². The summed E-state index contributed by atoms with van der Waals surface area (Å²) in [5.41, 5.74) is 0. The van der Waals surface area contributed by atoms with Gasteiger partial charge < -0.3 is 15.2 Å². The fourth-order valence-electron chi connectivity index (χ4n) is 1.95. The first-order valence-corrected chi connectivity index (χ1v) is 6.29. The third-order valence-corrected chi connectivity index (χ3v) is 3.24. The number of aliphatic hydroxyl groups is 1. The van der Waals surface area contributed by atoms with E-state index >= 15 is 0 Å². The van der Waals surface area contributed by atoms with E-state index in [9.17, 15) is 4.79 Å². The summed E-state index contributed by atoms with van der Waals surface area (Å²) >= 11 is 0. The fraction of sp³-hybridized carbons (Fsp3) is 0.917. The van der Waals surface area contributed by atoms with Crippen LogP contribution in [0.2, 0.25) is 0 Å². The summed E-state index contributed by atoms with van der Waals surface area (Å²) in [5, 5.41) is 11.3. The molecule has 1 aliphatic rings. The number of hydrogen-bond acceptors (Lipinski definition) is 4. The molecule has 2 N–H and O–H groups in total. The average Bonchev–Trinajstić information content (AvgIpc) is 3.15. The lowest BCUT2D eigenvalue weighted by atomic mass is 10.2. The molecule has 1 aliphatic carbocycles. The van der Waals surface area contributed by atoms with E-state index < -0.39 is 0 Å². The molecule has 17 heavy (non-hydrogen) atoms. The van der Waals surface area contributed by atoms with Crippen molar-refractivity contribution in [1.82, 2.24) is 10.2 Å². The van der Waals surface area contributed by atoms with Crippen LogP contribution in [0.4, 0.5) is 0 Å². The number of carbonyl (C=O) groups excluding carboxylic acids is 1. The van der Waals surface area contributed by atoms with E-state index in [2.05, 4.69) is 17.1 Å². The number of methoxy groups -OCH3 is 1. The van der Waals surface area contributed by atoms with Gasteiger partial charge in [0.05, 0.1) is 19.8 Å². The molecule has 5 heteroatoms. The van der Waals surface area contributed by atoms with Gasteiger partial charge in [0.2, 0.25) is 5.91 Å². The standard InChI is InChI=1S/C12H24N2O3/c1-10(11-3-4-11)14(6-8-17-2)9-12(16)13-5-7-15/h10-11,15H,3-9H2,1-2H3,(H,13,16). The smallest absolute Gasteiger partial charge is 0.234 e. The monoisotopic (exact) mass is 244 g/mol. The number of aliphatic hydroxyl groups excluding tert-OH is 1. The lowest BCUT2D eigenvalue weighted by Gasteiger charge is -2.28. The lowest BCUT2D eigenvalue weighted by molar-refractivity contribution is -0.123. The Morgan fingerprint density at radius 1 is 1.59 bits per heavy atom. The molecule has 1 amide bonds. The molecule has 1 saturated carbocycles. The van der Waals surface area contributed by atoms with Gasteiger partial charge in [-0.25, -0.2) is 0 Å². The van der Waals surface area contributed by atoms with Crippen LogP contribution >= 0.6 is 0 Å². The zero-order valence-corrected chi connectivity index (χ0v) is 10.8. The number of rotatable bonds is 9. The molecule has 1 atom stereocenters. The van der Waals surface area contributed by atoms with Crippen LogP contribution in [0.1, 0.15) is 19.8 Å². The third kappa shape index (κ3) is 5.48. The van der Waals surface area contributed by atoms with Crippen LogP contribution in [0.15, 0.2) is 0 Å². The minimum atomic E-state index is -0.0253. The highest BCUT2D eigenvalue weighted by molar-refractivity contribution is 5.78. The van der Waals surface area contributed by atoms with Gasteiger partial charge in [-0.05, 0) is 25.7 Å². The number of carbonyl (C=O) groups is 1. The molecule has 1 fully saturated rings. The highest BCUT2D eigenvalue weighted by Gasteiger charge is 2.32. The first kappa shape index (κ1) is 14.4. The van der Waals surface area contributed by atoms with Crippen LogP contribution in [-0.4, -0.2) is 61.9 Å². The predicted molar refractivity (Wildman–Crippen MR) is 65.7 cm³/mol. The van der Waals surface area contributed by atoms with Crippen LogP contribution in [0.3, 0.4) is 0 Å². The third-order valence-electron chi connectivity index (χ3n) is 3.24. The summed E-state index contributed by atoms with van der Waals surface area (Å²) in [6.45, 7) is 4.30. The number of nitrogens with one attached hydrogen (secondary N) is 1. The molecule has 0 aromatic rings. The minimum Gasteiger partial charge on any atom is -0.395 e. The SMILES string of the molecule is COCCN(CC(=O)NCCO)C(C)C1CC1. The molecule has 0 aromatic heterocycles. The first-order valence-electron chi connectivity index (χ1n) is 6.29. The van der Waals surface area contributed by atoms with E-state index in [1.165, 1.54) is 12.8 Å². The number of hydrogen-bond donors (Lipinski definition) is 2. The van der Waals surface area contributed by atoms with Gasteiger partial charge in [-0.1, -0.05) is 0 Å². The van der Waals surface area contributed by atoms with Gasteiger partial charge in [0, 0.05) is 26.2 Å². The summed E-state index contributed by atoms with van der Waals surface area (Å²) in [5.74, 6) is 0.708. The van der Waals surface area contributed by atoms with Gasteiger partial charge >= 0.3 is 0 Å². The highest BCUT2D eigenvalue weighted by Crippen LogP contribution is 2.34. The largest absolute Gasteiger partial charge is 0.395 e. The molecule has 0 heterocycles. The van der Waals surface area contributed by atoms with Gasteiger partial charge in [0.15, 0.2) is 0 Å². The second-order valence-corrected chi connectivity index (χ2v) is 4.61. The van der Waals surface area contributed by atoms with Crippen molar-refractivity contribution in [2.45, 2.75) is 25.8 Å². The van der Waals surface area contributed by atoms with Crippen molar-refractivity contribution in [3.63, 3.8) is 0 Å². The zero-order valence-electron chi connectivity index (χ0n) is 10.8. The van der Waals surface area contributed by atoms with Gasteiger partial charge in [0.1, 0.15) is 0 Å². The maximum absolute atomic E-state index is 11.6. The predicted octanol–water partition coefficient (Wildman–Crippen LogP) is -0.158. The Hall–Kier alpha value is -0.650. The Labute approximate surface area is 103 Å². The van der Waals surface area contributed by atoms with Crippen LogP contribution in [0, 0.1) is 5.92 Å². The second kappa shape index (κ2) is 7.63. The summed E-state index contributed by atoms with van der Waals surface area (Å²) in [6.07, 6.45) is 2.53. The minimum absolute atomic E-state index is 0.0119. The molecule has 0 aromatic carbocycles. The van der Waals surface area contributed by atoms with Crippen molar-refractivity contribution < 1.29 is 14.6 Å². The summed E-state index contributed by atoms with van der Waals surface area (Å²) in [4.78, 5) is 13.8. The second-order valence-electron chi connectivity index (χ2n) is 4.61. The number of nitrogens with zero attached hydrogens (tertiary/aromatic N) is 1. The van der Waals surface area contributed by atoms with E-state index in [-0.39, 0.29) is 12.5 Å². The van der Waals surface area contributed by atoms with Crippen molar-refractivity contribution in [2.75, 3.05) is 40.0 Å². The Kier molecular flexibility index (Phi) is 6.47. The molecule has 5 nitrogen and oxygen atoms in total. The highest BCUT2D eigenvalue weighted by atomic mass is 16.5.